The van der Waals surface area contributed by atoms with Gasteiger partial charge in [0.25, 0.3) is 0 Å². The molecule has 100 valence electrons. The fraction of sp³-hybridized carbons (Fsp3) is 0.625. The number of hydrogen-bond acceptors (Lipinski definition) is 2. The molecule has 0 saturated heterocycles. The molecule has 0 amide bonds. The minimum absolute atomic E-state index is 0.151. The van der Waals surface area contributed by atoms with E-state index in [1.54, 1.807) is 7.11 Å². The zero-order chi connectivity index (χ0) is 13.3. The van der Waals surface area contributed by atoms with E-state index in [-0.39, 0.29) is 5.54 Å². The molecule has 1 fully saturated rings. The molecule has 2 N–H and O–H groups in total. The van der Waals surface area contributed by atoms with Gasteiger partial charge in [0, 0.05) is 5.54 Å². The van der Waals surface area contributed by atoms with Gasteiger partial charge in [0.05, 0.1) is 7.11 Å². The van der Waals surface area contributed by atoms with Gasteiger partial charge in [-0.05, 0) is 61.3 Å². The van der Waals surface area contributed by atoms with Crippen molar-refractivity contribution in [1.82, 2.24) is 0 Å². The highest BCUT2D eigenvalue weighted by Crippen LogP contribution is 2.42. The maximum Gasteiger partial charge on any atom is 0.119 e. The Morgan fingerprint density at radius 1 is 1.28 bits per heavy atom. The first-order chi connectivity index (χ1) is 8.46. The Morgan fingerprint density at radius 2 is 2.00 bits per heavy atom. The molecule has 1 saturated carbocycles. The molecule has 0 bridgehead atoms. The largest absolute Gasteiger partial charge is 0.497 e. The van der Waals surface area contributed by atoms with E-state index in [9.17, 15) is 0 Å². The summed E-state index contributed by atoms with van der Waals surface area (Å²) in [6.45, 7) is 6.80. The van der Waals surface area contributed by atoms with Gasteiger partial charge in [-0.25, -0.2) is 0 Å². The van der Waals surface area contributed by atoms with E-state index in [1.807, 2.05) is 6.07 Å². The molecule has 1 aromatic carbocycles. The average molecular weight is 247 g/mol. The summed E-state index contributed by atoms with van der Waals surface area (Å²) in [6.07, 6.45) is 3.40. The topological polar surface area (TPSA) is 35.2 Å². The standard InChI is InChI=1S/C16H25NO/c1-11-7-8-16(17,10-13(11)3)15-6-5-14(18-4)9-12(15)2/h5-6,9,11,13H,7-8,10,17H2,1-4H3. The lowest BCUT2D eigenvalue weighted by molar-refractivity contribution is 0.176. The molecular weight excluding hydrogens is 222 g/mol. The third kappa shape index (κ3) is 2.39. The van der Waals surface area contributed by atoms with Crippen molar-refractivity contribution >= 4 is 0 Å². The molecule has 0 aromatic heterocycles. The van der Waals surface area contributed by atoms with E-state index in [0.29, 0.717) is 5.92 Å². The lowest BCUT2D eigenvalue weighted by atomic mass is 9.68. The van der Waals surface area contributed by atoms with Crippen LogP contribution in [0.1, 0.15) is 44.2 Å². The van der Waals surface area contributed by atoms with Crippen LogP contribution in [0.4, 0.5) is 0 Å². The molecule has 1 aliphatic rings. The van der Waals surface area contributed by atoms with Gasteiger partial charge in [0.2, 0.25) is 0 Å². The molecule has 2 heteroatoms. The quantitative estimate of drug-likeness (QED) is 0.866. The molecule has 2 rings (SSSR count). The number of ether oxygens (including phenoxy) is 1. The minimum atomic E-state index is -0.151. The molecule has 0 aliphatic heterocycles. The van der Waals surface area contributed by atoms with Crippen LogP contribution in [0.2, 0.25) is 0 Å². The van der Waals surface area contributed by atoms with Crippen LogP contribution in [0.5, 0.6) is 5.75 Å². The van der Waals surface area contributed by atoms with Crippen molar-refractivity contribution in [2.45, 2.75) is 45.6 Å². The van der Waals surface area contributed by atoms with Crippen molar-refractivity contribution in [3.63, 3.8) is 0 Å². The van der Waals surface area contributed by atoms with Crippen LogP contribution in [0.3, 0.4) is 0 Å². The van der Waals surface area contributed by atoms with Crippen LogP contribution in [-0.2, 0) is 5.54 Å². The van der Waals surface area contributed by atoms with Crippen molar-refractivity contribution in [2.24, 2.45) is 17.6 Å². The number of rotatable bonds is 2. The highest BCUT2D eigenvalue weighted by Gasteiger charge is 2.36. The van der Waals surface area contributed by atoms with Crippen LogP contribution < -0.4 is 10.5 Å². The van der Waals surface area contributed by atoms with Gasteiger partial charge in [-0.3, -0.25) is 0 Å². The van der Waals surface area contributed by atoms with E-state index in [0.717, 1.165) is 24.5 Å². The smallest absolute Gasteiger partial charge is 0.119 e. The molecule has 2 nitrogen and oxygen atoms in total. The maximum atomic E-state index is 6.68. The second-order valence-electron chi connectivity index (χ2n) is 6.03. The summed E-state index contributed by atoms with van der Waals surface area (Å²) in [5.41, 5.74) is 9.08. The first-order valence-electron chi connectivity index (χ1n) is 6.90. The first kappa shape index (κ1) is 13.4. The summed E-state index contributed by atoms with van der Waals surface area (Å²) in [5, 5.41) is 0. The molecule has 0 spiro atoms. The summed E-state index contributed by atoms with van der Waals surface area (Å²) in [7, 11) is 1.71. The van der Waals surface area contributed by atoms with Crippen molar-refractivity contribution < 1.29 is 4.74 Å². The molecule has 3 unspecified atom stereocenters. The molecular formula is C16H25NO. The highest BCUT2D eigenvalue weighted by atomic mass is 16.5. The first-order valence-corrected chi connectivity index (χ1v) is 6.90. The molecule has 18 heavy (non-hydrogen) atoms. The van der Waals surface area contributed by atoms with Crippen LogP contribution in [0.15, 0.2) is 18.2 Å². The lowest BCUT2D eigenvalue weighted by Gasteiger charge is -2.41. The van der Waals surface area contributed by atoms with Crippen LogP contribution in [0.25, 0.3) is 0 Å². The van der Waals surface area contributed by atoms with Crippen LogP contribution >= 0.6 is 0 Å². The Labute approximate surface area is 111 Å². The van der Waals surface area contributed by atoms with Crippen molar-refractivity contribution in [3.8, 4) is 5.75 Å². The zero-order valence-electron chi connectivity index (χ0n) is 12.0. The maximum absolute atomic E-state index is 6.68. The fourth-order valence-electron chi connectivity index (χ4n) is 3.21. The summed E-state index contributed by atoms with van der Waals surface area (Å²) < 4.78 is 5.27. The number of nitrogens with two attached hydrogens (primary N) is 1. The molecule has 3 atom stereocenters. The molecule has 0 radical (unpaired) electrons. The fourth-order valence-corrected chi connectivity index (χ4v) is 3.21. The number of aryl methyl sites for hydroxylation is 1. The highest BCUT2D eigenvalue weighted by molar-refractivity contribution is 5.39. The number of benzene rings is 1. The van der Waals surface area contributed by atoms with Crippen molar-refractivity contribution in [2.75, 3.05) is 7.11 Å². The van der Waals surface area contributed by atoms with E-state index in [4.69, 9.17) is 10.5 Å². The Balaban J connectivity index is 2.30. The lowest BCUT2D eigenvalue weighted by Crippen LogP contribution is -2.43. The Hall–Kier alpha value is -1.02. The van der Waals surface area contributed by atoms with Gasteiger partial charge >= 0.3 is 0 Å². The van der Waals surface area contributed by atoms with Gasteiger partial charge in [-0.15, -0.1) is 0 Å². The molecule has 1 aliphatic carbocycles. The summed E-state index contributed by atoms with van der Waals surface area (Å²) >= 11 is 0. The van der Waals surface area contributed by atoms with Crippen LogP contribution in [0, 0.1) is 18.8 Å². The number of hydrogen-bond donors (Lipinski definition) is 1. The van der Waals surface area contributed by atoms with Gasteiger partial charge in [-0.2, -0.15) is 0 Å². The van der Waals surface area contributed by atoms with Gasteiger partial charge in [0.15, 0.2) is 0 Å². The second-order valence-corrected chi connectivity index (χ2v) is 6.03. The normalized spacial score (nSPS) is 32.3. The van der Waals surface area contributed by atoms with Crippen molar-refractivity contribution in [1.29, 1.82) is 0 Å². The third-order valence-corrected chi connectivity index (χ3v) is 4.67. The Bertz CT molecular complexity index is 429. The minimum Gasteiger partial charge on any atom is -0.497 e. The van der Waals surface area contributed by atoms with E-state index < -0.39 is 0 Å². The van der Waals surface area contributed by atoms with E-state index in [1.165, 1.54) is 17.5 Å². The summed E-state index contributed by atoms with van der Waals surface area (Å²) in [5.74, 6) is 2.41. The van der Waals surface area contributed by atoms with Gasteiger partial charge in [0.1, 0.15) is 5.75 Å². The molecule has 0 heterocycles. The average Bonchev–Trinajstić information content (AvgIpc) is 2.34. The Morgan fingerprint density at radius 3 is 2.56 bits per heavy atom. The third-order valence-electron chi connectivity index (χ3n) is 4.67. The van der Waals surface area contributed by atoms with E-state index in [2.05, 4.69) is 32.9 Å². The summed E-state index contributed by atoms with van der Waals surface area (Å²) in [4.78, 5) is 0. The Kier molecular flexibility index (Phi) is 3.67. The van der Waals surface area contributed by atoms with Crippen LogP contribution in [-0.4, -0.2) is 7.11 Å². The monoisotopic (exact) mass is 247 g/mol. The zero-order valence-corrected chi connectivity index (χ0v) is 12.0. The predicted octanol–water partition coefficient (Wildman–Crippen LogP) is 3.61. The molecule has 1 aromatic rings. The van der Waals surface area contributed by atoms with E-state index >= 15 is 0 Å². The number of methoxy groups -OCH3 is 1. The second kappa shape index (κ2) is 4.93. The van der Waals surface area contributed by atoms with Gasteiger partial charge < -0.3 is 10.5 Å². The SMILES string of the molecule is COc1ccc(C2(N)CCC(C)C(C)C2)c(C)c1. The van der Waals surface area contributed by atoms with Gasteiger partial charge in [-0.1, -0.05) is 19.9 Å². The summed E-state index contributed by atoms with van der Waals surface area (Å²) in [6, 6.07) is 6.27. The predicted molar refractivity (Wildman–Crippen MR) is 75.8 cm³/mol. The van der Waals surface area contributed by atoms with Crippen molar-refractivity contribution in [3.05, 3.63) is 29.3 Å².